The van der Waals surface area contributed by atoms with Crippen molar-refractivity contribution >= 4 is 5.91 Å². The first-order valence-corrected chi connectivity index (χ1v) is 5.40. The summed E-state index contributed by atoms with van der Waals surface area (Å²) in [6, 6.07) is 0. The number of ether oxygens (including phenoxy) is 1. The lowest BCUT2D eigenvalue weighted by molar-refractivity contribution is -0.141. The molecule has 4 nitrogen and oxygen atoms in total. The van der Waals surface area contributed by atoms with Crippen molar-refractivity contribution in [3.63, 3.8) is 0 Å². The fourth-order valence-electron chi connectivity index (χ4n) is 1.78. The number of carbonyl (C=O) groups is 1. The number of rotatable bonds is 5. The third-order valence-corrected chi connectivity index (χ3v) is 2.61. The molecule has 0 saturated carbocycles. The van der Waals surface area contributed by atoms with Crippen LogP contribution in [-0.4, -0.2) is 55.2 Å². The lowest BCUT2D eigenvalue weighted by atomic mass is 9.98. The summed E-state index contributed by atoms with van der Waals surface area (Å²) in [5.74, 6) is -0.531. The zero-order chi connectivity index (χ0) is 12.0. The molecule has 1 rings (SSSR count). The van der Waals surface area contributed by atoms with Crippen molar-refractivity contribution in [3.8, 4) is 0 Å². The topological polar surface area (TPSA) is 49.8 Å². The van der Waals surface area contributed by atoms with E-state index in [1.54, 1.807) is 0 Å². The van der Waals surface area contributed by atoms with Crippen molar-refractivity contribution in [1.29, 1.82) is 0 Å². The number of hydrogen-bond donors (Lipinski definition) is 1. The summed E-state index contributed by atoms with van der Waals surface area (Å²) in [5.41, 5.74) is 0. The Balaban J connectivity index is 2.50. The minimum Gasteiger partial charge on any atom is -0.395 e. The van der Waals surface area contributed by atoms with Gasteiger partial charge in [-0.1, -0.05) is 0 Å². The molecule has 1 heterocycles. The van der Waals surface area contributed by atoms with Crippen LogP contribution in [0.15, 0.2) is 0 Å². The van der Waals surface area contributed by atoms with E-state index in [4.69, 9.17) is 9.84 Å². The molecule has 0 aromatic heterocycles. The molecule has 16 heavy (non-hydrogen) atoms. The predicted octanol–water partition coefficient (Wildman–Crippen LogP) is 0.499. The van der Waals surface area contributed by atoms with Gasteiger partial charge in [0.15, 0.2) is 0 Å². The molecule has 0 bridgehead atoms. The van der Waals surface area contributed by atoms with Gasteiger partial charge >= 0.3 is 0 Å². The molecule has 6 heteroatoms. The monoisotopic (exact) mass is 237 g/mol. The zero-order valence-electron chi connectivity index (χ0n) is 9.07. The molecular weight excluding hydrogens is 220 g/mol. The van der Waals surface area contributed by atoms with Crippen molar-refractivity contribution < 1.29 is 23.4 Å². The highest BCUT2D eigenvalue weighted by Gasteiger charge is 2.27. The lowest BCUT2D eigenvalue weighted by Gasteiger charge is -2.28. The molecule has 94 valence electrons. The van der Waals surface area contributed by atoms with E-state index in [2.05, 4.69) is 0 Å². The van der Waals surface area contributed by atoms with Crippen LogP contribution >= 0.6 is 0 Å². The molecule has 0 aliphatic carbocycles. The first-order chi connectivity index (χ1) is 7.65. The number of alkyl halides is 2. The van der Waals surface area contributed by atoms with Crippen LogP contribution in [0, 0.1) is 5.92 Å². The second-order valence-electron chi connectivity index (χ2n) is 3.79. The van der Waals surface area contributed by atoms with Gasteiger partial charge in [-0.2, -0.15) is 0 Å². The highest BCUT2D eigenvalue weighted by molar-refractivity contribution is 5.79. The second kappa shape index (κ2) is 6.75. The van der Waals surface area contributed by atoms with Crippen LogP contribution < -0.4 is 0 Å². The number of amides is 1. The molecule has 1 fully saturated rings. The maximum atomic E-state index is 12.2. The SMILES string of the molecule is O=C(C1CCOCC1)N(CCO)CC(F)F. The van der Waals surface area contributed by atoms with E-state index in [-0.39, 0.29) is 25.0 Å². The summed E-state index contributed by atoms with van der Waals surface area (Å²) in [4.78, 5) is 12.9. The second-order valence-corrected chi connectivity index (χ2v) is 3.79. The van der Waals surface area contributed by atoms with Gasteiger partial charge in [-0.05, 0) is 12.8 Å². The summed E-state index contributed by atoms with van der Waals surface area (Å²) in [7, 11) is 0. The Morgan fingerprint density at radius 2 is 2.06 bits per heavy atom. The summed E-state index contributed by atoms with van der Waals surface area (Å²) < 4.78 is 29.6. The molecule has 1 amide bonds. The molecule has 1 aliphatic rings. The molecule has 1 saturated heterocycles. The van der Waals surface area contributed by atoms with E-state index in [0.29, 0.717) is 26.1 Å². The van der Waals surface area contributed by atoms with Crippen molar-refractivity contribution in [2.75, 3.05) is 32.9 Å². The van der Waals surface area contributed by atoms with Crippen LogP contribution in [0.4, 0.5) is 8.78 Å². The summed E-state index contributed by atoms with van der Waals surface area (Å²) >= 11 is 0. The summed E-state index contributed by atoms with van der Waals surface area (Å²) in [6.45, 7) is 0.0784. The van der Waals surface area contributed by atoms with Crippen LogP contribution in [-0.2, 0) is 9.53 Å². The van der Waals surface area contributed by atoms with Crippen molar-refractivity contribution in [2.24, 2.45) is 5.92 Å². The Morgan fingerprint density at radius 1 is 1.44 bits per heavy atom. The quantitative estimate of drug-likeness (QED) is 0.757. The Morgan fingerprint density at radius 3 is 2.56 bits per heavy atom. The Labute approximate surface area is 93.2 Å². The number of hydrogen-bond acceptors (Lipinski definition) is 3. The molecule has 0 aromatic rings. The molecule has 0 atom stereocenters. The van der Waals surface area contributed by atoms with Crippen LogP contribution in [0.5, 0.6) is 0 Å². The third-order valence-electron chi connectivity index (χ3n) is 2.61. The Kier molecular flexibility index (Phi) is 5.62. The van der Waals surface area contributed by atoms with Gasteiger partial charge < -0.3 is 14.7 Å². The van der Waals surface area contributed by atoms with E-state index >= 15 is 0 Å². The van der Waals surface area contributed by atoms with E-state index in [0.717, 1.165) is 4.90 Å². The van der Waals surface area contributed by atoms with Crippen LogP contribution in [0.25, 0.3) is 0 Å². The first kappa shape index (κ1) is 13.3. The minimum atomic E-state index is -2.56. The highest BCUT2D eigenvalue weighted by Crippen LogP contribution is 2.18. The molecule has 1 aliphatic heterocycles. The standard InChI is InChI=1S/C10H17F2NO3/c11-9(12)7-13(3-4-14)10(15)8-1-5-16-6-2-8/h8-9,14H,1-7H2. The van der Waals surface area contributed by atoms with Gasteiger partial charge in [0.25, 0.3) is 6.43 Å². The number of nitrogens with zero attached hydrogens (tertiary/aromatic N) is 1. The van der Waals surface area contributed by atoms with Crippen molar-refractivity contribution in [2.45, 2.75) is 19.3 Å². The number of halogens is 2. The maximum Gasteiger partial charge on any atom is 0.255 e. The van der Waals surface area contributed by atoms with Crippen LogP contribution in [0.1, 0.15) is 12.8 Å². The van der Waals surface area contributed by atoms with Gasteiger partial charge in [-0.15, -0.1) is 0 Å². The fourth-order valence-corrected chi connectivity index (χ4v) is 1.78. The average Bonchev–Trinajstić information content (AvgIpc) is 2.28. The van der Waals surface area contributed by atoms with E-state index in [1.807, 2.05) is 0 Å². The number of carbonyl (C=O) groups excluding carboxylic acids is 1. The number of aliphatic hydroxyl groups is 1. The van der Waals surface area contributed by atoms with Gasteiger partial charge in [-0.25, -0.2) is 8.78 Å². The van der Waals surface area contributed by atoms with Gasteiger partial charge in [0.1, 0.15) is 0 Å². The largest absolute Gasteiger partial charge is 0.395 e. The highest BCUT2D eigenvalue weighted by atomic mass is 19.3. The lowest BCUT2D eigenvalue weighted by Crippen LogP contribution is -2.42. The van der Waals surface area contributed by atoms with Crippen molar-refractivity contribution in [3.05, 3.63) is 0 Å². The van der Waals surface area contributed by atoms with Gasteiger partial charge in [0.05, 0.1) is 13.2 Å². The van der Waals surface area contributed by atoms with E-state index in [1.165, 1.54) is 0 Å². The summed E-state index contributed by atoms with van der Waals surface area (Å²) in [5, 5.41) is 8.73. The predicted molar refractivity (Wildman–Crippen MR) is 53.2 cm³/mol. The summed E-state index contributed by atoms with van der Waals surface area (Å²) in [6.07, 6.45) is -1.41. The van der Waals surface area contributed by atoms with Gasteiger partial charge in [-0.3, -0.25) is 4.79 Å². The normalized spacial score (nSPS) is 17.8. The molecule has 1 N–H and O–H groups in total. The smallest absolute Gasteiger partial charge is 0.255 e. The van der Waals surface area contributed by atoms with Crippen molar-refractivity contribution in [1.82, 2.24) is 4.90 Å². The molecule has 0 unspecified atom stereocenters. The van der Waals surface area contributed by atoms with Gasteiger partial charge in [0.2, 0.25) is 5.91 Å². The maximum absolute atomic E-state index is 12.2. The molecule has 0 radical (unpaired) electrons. The van der Waals surface area contributed by atoms with E-state index in [9.17, 15) is 13.6 Å². The van der Waals surface area contributed by atoms with Crippen LogP contribution in [0.2, 0.25) is 0 Å². The molecule has 0 spiro atoms. The van der Waals surface area contributed by atoms with Crippen LogP contribution in [0.3, 0.4) is 0 Å². The Hall–Kier alpha value is -0.750. The van der Waals surface area contributed by atoms with Gasteiger partial charge in [0, 0.05) is 25.7 Å². The van der Waals surface area contributed by atoms with E-state index < -0.39 is 13.0 Å². The molecular formula is C10H17F2NO3. The first-order valence-electron chi connectivity index (χ1n) is 5.40. The average molecular weight is 237 g/mol. The molecule has 0 aromatic carbocycles. The Bertz CT molecular complexity index is 220. The zero-order valence-corrected chi connectivity index (χ0v) is 9.07. The fraction of sp³-hybridized carbons (Fsp3) is 0.900. The number of aliphatic hydroxyl groups excluding tert-OH is 1. The minimum absolute atomic E-state index is 0.0273. The third kappa shape index (κ3) is 4.02.